The average Bonchev–Trinajstić information content (AvgIpc) is 3.36. The molecular weight excluding hydrogens is 406 g/mol. The first kappa shape index (κ1) is 20.2. The van der Waals surface area contributed by atoms with Gasteiger partial charge >= 0.3 is 5.97 Å². The minimum Gasteiger partial charge on any atom is -0.453 e. The number of rotatable bonds is 8. The Morgan fingerprint density at radius 3 is 2.86 bits per heavy atom. The lowest BCUT2D eigenvalue weighted by atomic mass is 10.4. The third kappa shape index (κ3) is 4.64. The molecule has 0 radical (unpaired) electrons. The van der Waals surface area contributed by atoms with Crippen LogP contribution in [-0.4, -0.2) is 40.7 Å². The maximum Gasteiger partial charge on any atom is 0.307 e. The van der Waals surface area contributed by atoms with Crippen LogP contribution in [0.3, 0.4) is 0 Å². The van der Waals surface area contributed by atoms with E-state index in [2.05, 4.69) is 19.9 Å². The van der Waals surface area contributed by atoms with Crippen LogP contribution in [0.4, 0.5) is 0 Å². The Kier molecular flexibility index (Phi) is 5.91. The topological polar surface area (TPSA) is 129 Å². The van der Waals surface area contributed by atoms with E-state index in [1.54, 1.807) is 25.5 Å². The number of esters is 1. The average molecular weight is 425 g/mol. The fourth-order valence-corrected chi connectivity index (χ4v) is 3.93. The van der Waals surface area contributed by atoms with Crippen molar-refractivity contribution >= 4 is 27.3 Å². The van der Waals surface area contributed by atoms with Gasteiger partial charge in [-0.1, -0.05) is 6.07 Å². The van der Waals surface area contributed by atoms with Crippen LogP contribution in [0.15, 0.2) is 33.2 Å². The van der Waals surface area contributed by atoms with Gasteiger partial charge in [-0.2, -0.15) is 0 Å². The van der Waals surface area contributed by atoms with Crippen molar-refractivity contribution in [3.63, 3.8) is 0 Å². The van der Waals surface area contributed by atoms with Crippen LogP contribution in [-0.2, 0) is 26.6 Å². The molecule has 0 saturated heterocycles. The van der Waals surface area contributed by atoms with Crippen molar-refractivity contribution in [2.75, 3.05) is 6.54 Å². The van der Waals surface area contributed by atoms with Crippen molar-refractivity contribution in [2.24, 2.45) is 7.05 Å². The fraction of sp³-hybridized carbons (Fsp3) is 0.375. The minimum atomic E-state index is -3.79. The molecule has 0 aliphatic carbocycles. The van der Waals surface area contributed by atoms with E-state index in [1.807, 2.05) is 17.5 Å². The lowest BCUT2D eigenvalue weighted by Gasteiger charge is -2.09. The van der Waals surface area contributed by atoms with Gasteiger partial charge in [-0.05, 0) is 25.3 Å². The Bertz CT molecular complexity index is 1040. The zero-order chi connectivity index (χ0) is 20.3. The first-order chi connectivity index (χ1) is 13.3. The predicted octanol–water partition coefficient (Wildman–Crippen LogP) is 1.81. The highest BCUT2D eigenvalue weighted by Gasteiger charge is 2.21. The van der Waals surface area contributed by atoms with E-state index in [0.717, 1.165) is 4.88 Å². The molecule has 3 aromatic rings. The molecule has 0 saturated carbocycles. The molecule has 0 amide bonds. The molecule has 0 aromatic carbocycles. The molecule has 3 rings (SSSR count). The summed E-state index contributed by atoms with van der Waals surface area (Å²) < 4.78 is 39.0. The molecule has 1 N–H and O–H groups in total. The Hall–Kier alpha value is -2.57. The van der Waals surface area contributed by atoms with Gasteiger partial charge in [0.25, 0.3) is 21.8 Å². The summed E-state index contributed by atoms with van der Waals surface area (Å²) in [5.74, 6) is 0.492. The number of aryl methyl sites for hydroxylation is 2. The Labute approximate surface area is 165 Å². The Balaban J connectivity index is 1.50. The predicted molar refractivity (Wildman–Crippen MR) is 99.9 cm³/mol. The molecule has 0 spiro atoms. The number of nitrogens with zero attached hydrogens (tertiary/aromatic N) is 4. The zero-order valence-corrected chi connectivity index (χ0v) is 17.1. The number of nitrogens with one attached hydrogen (secondary N) is 1. The molecule has 1 atom stereocenters. The maximum absolute atomic E-state index is 12.2. The molecule has 28 heavy (non-hydrogen) atoms. The maximum atomic E-state index is 12.2. The summed E-state index contributed by atoms with van der Waals surface area (Å²) in [7, 11) is -2.09. The van der Waals surface area contributed by atoms with Crippen molar-refractivity contribution in [1.29, 1.82) is 0 Å². The highest BCUT2D eigenvalue weighted by atomic mass is 32.2. The van der Waals surface area contributed by atoms with E-state index < -0.39 is 22.1 Å². The van der Waals surface area contributed by atoms with E-state index in [1.165, 1.54) is 17.5 Å². The number of hydrogen-bond acceptors (Lipinski definition) is 9. The van der Waals surface area contributed by atoms with E-state index in [-0.39, 0.29) is 23.9 Å². The fourth-order valence-electron chi connectivity index (χ4n) is 2.22. The number of aromatic nitrogens is 4. The molecule has 0 fully saturated rings. The lowest BCUT2D eigenvalue weighted by Crippen LogP contribution is -2.27. The van der Waals surface area contributed by atoms with E-state index in [4.69, 9.17) is 9.15 Å². The third-order valence-corrected chi connectivity index (χ3v) is 6.00. The van der Waals surface area contributed by atoms with Crippen LogP contribution in [0.25, 0.3) is 10.8 Å². The van der Waals surface area contributed by atoms with Gasteiger partial charge in [-0.3, -0.25) is 4.79 Å². The second-order valence-corrected chi connectivity index (χ2v) is 8.60. The molecule has 150 valence electrons. The van der Waals surface area contributed by atoms with Crippen molar-refractivity contribution in [2.45, 2.75) is 31.4 Å². The summed E-state index contributed by atoms with van der Waals surface area (Å²) in [6.45, 7) is 3.18. The van der Waals surface area contributed by atoms with Crippen molar-refractivity contribution in [3.8, 4) is 10.8 Å². The standard InChI is InChI=1S/C16H19N5O5S2/c1-10(15-19-20-16(26-15)12-5-4-8-27-12)25-14(22)6-7-17-28(23,24)13-9-21(3)11(2)18-13/h4-5,8-10,17H,6-7H2,1-3H3. The van der Waals surface area contributed by atoms with Gasteiger partial charge in [0.15, 0.2) is 11.1 Å². The Morgan fingerprint density at radius 1 is 1.43 bits per heavy atom. The summed E-state index contributed by atoms with van der Waals surface area (Å²) in [5.41, 5.74) is 0. The molecule has 0 aliphatic rings. The van der Waals surface area contributed by atoms with Gasteiger partial charge in [-0.15, -0.1) is 21.5 Å². The smallest absolute Gasteiger partial charge is 0.307 e. The first-order valence-corrected chi connectivity index (χ1v) is 10.7. The van der Waals surface area contributed by atoms with Crippen molar-refractivity contribution in [3.05, 3.63) is 35.4 Å². The molecule has 3 heterocycles. The summed E-state index contributed by atoms with van der Waals surface area (Å²) in [6.07, 6.45) is 0.504. The molecule has 10 nitrogen and oxygen atoms in total. The number of imidazole rings is 1. The highest BCUT2D eigenvalue weighted by molar-refractivity contribution is 7.89. The zero-order valence-electron chi connectivity index (χ0n) is 15.4. The van der Waals surface area contributed by atoms with Crippen LogP contribution in [0.1, 0.15) is 31.2 Å². The van der Waals surface area contributed by atoms with Crippen LogP contribution in [0.5, 0.6) is 0 Å². The largest absolute Gasteiger partial charge is 0.453 e. The second kappa shape index (κ2) is 8.20. The van der Waals surface area contributed by atoms with Gasteiger partial charge in [0, 0.05) is 19.8 Å². The van der Waals surface area contributed by atoms with E-state index in [0.29, 0.717) is 11.7 Å². The van der Waals surface area contributed by atoms with Crippen molar-refractivity contribution < 1.29 is 22.4 Å². The first-order valence-electron chi connectivity index (χ1n) is 8.32. The number of ether oxygens (including phenoxy) is 1. The molecule has 3 aromatic heterocycles. The van der Waals surface area contributed by atoms with Gasteiger partial charge in [0.2, 0.25) is 0 Å². The van der Waals surface area contributed by atoms with Gasteiger partial charge in [0.1, 0.15) is 5.82 Å². The molecule has 0 aliphatic heterocycles. The third-order valence-electron chi connectivity index (χ3n) is 3.81. The number of sulfonamides is 1. The number of thiophene rings is 1. The Morgan fingerprint density at radius 2 is 2.21 bits per heavy atom. The number of hydrogen-bond donors (Lipinski definition) is 1. The van der Waals surface area contributed by atoms with Crippen LogP contribution in [0, 0.1) is 6.92 Å². The normalized spacial score (nSPS) is 12.8. The monoisotopic (exact) mass is 425 g/mol. The van der Waals surface area contributed by atoms with Crippen LogP contribution in [0.2, 0.25) is 0 Å². The molecule has 1 unspecified atom stereocenters. The highest BCUT2D eigenvalue weighted by Crippen LogP contribution is 2.25. The van der Waals surface area contributed by atoms with E-state index >= 15 is 0 Å². The van der Waals surface area contributed by atoms with Gasteiger partial charge in [0.05, 0.1) is 11.3 Å². The molecule has 0 bridgehead atoms. The summed E-state index contributed by atoms with van der Waals surface area (Å²) in [6, 6.07) is 3.70. The van der Waals surface area contributed by atoms with Crippen LogP contribution >= 0.6 is 11.3 Å². The molecule has 12 heteroatoms. The second-order valence-electron chi connectivity index (χ2n) is 5.94. The summed E-state index contributed by atoms with van der Waals surface area (Å²) >= 11 is 1.45. The number of carbonyl (C=O) groups excluding carboxylic acids is 1. The quantitative estimate of drug-likeness (QED) is 0.541. The van der Waals surface area contributed by atoms with Gasteiger partial charge < -0.3 is 13.7 Å². The van der Waals surface area contributed by atoms with Gasteiger partial charge in [-0.25, -0.2) is 18.1 Å². The summed E-state index contributed by atoms with van der Waals surface area (Å²) in [5, 5.41) is 9.60. The minimum absolute atomic E-state index is 0.0961. The van der Waals surface area contributed by atoms with Crippen LogP contribution < -0.4 is 4.72 Å². The summed E-state index contributed by atoms with van der Waals surface area (Å²) in [4.78, 5) is 16.8. The lowest BCUT2D eigenvalue weighted by molar-refractivity contribution is -0.149. The SMILES string of the molecule is Cc1nc(S(=O)(=O)NCCC(=O)OC(C)c2nnc(-c3cccs3)o2)cn1C. The number of carbonyl (C=O) groups is 1. The van der Waals surface area contributed by atoms with Crippen molar-refractivity contribution in [1.82, 2.24) is 24.5 Å². The van der Waals surface area contributed by atoms with E-state index in [9.17, 15) is 13.2 Å². The molecular formula is C16H19N5O5S2.